The van der Waals surface area contributed by atoms with E-state index in [1.165, 1.54) is 12.1 Å². The molecular weight excluding hydrogens is 291 g/mol. The number of aliphatic carboxylic acids is 1. The molecule has 0 bridgehead atoms. The van der Waals surface area contributed by atoms with Crippen LogP contribution < -0.4 is 11.1 Å². The third-order valence-electron chi connectivity index (χ3n) is 2.79. The zero-order valence-electron chi connectivity index (χ0n) is 12.9. The highest BCUT2D eigenvalue weighted by Crippen LogP contribution is 2.24. The van der Waals surface area contributed by atoms with Gasteiger partial charge in [0, 0.05) is 11.6 Å². The lowest BCUT2D eigenvalue weighted by molar-refractivity contribution is -0.137. The van der Waals surface area contributed by atoms with Crippen molar-refractivity contribution in [3.05, 3.63) is 29.6 Å². The molecule has 0 aromatic heterocycles. The van der Waals surface area contributed by atoms with Crippen molar-refractivity contribution in [2.24, 2.45) is 5.73 Å². The van der Waals surface area contributed by atoms with E-state index in [0.29, 0.717) is 0 Å². The Kier molecular flexibility index (Phi) is 5.87. The minimum Gasteiger partial charge on any atom is -0.481 e. The number of nitrogens with one attached hydrogen (secondary N) is 1. The van der Waals surface area contributed by atoms with Crippen molar-refractivity contribution in [2.45, 2.75) is 38.7 Å². The number of hydrogen-bond acceptors (Lipinski definition) is 4. The zero-order valence-corrected chi connectivity index (χ0v) is 12.9. The molecule has 0 spiro atoms. The van der Waals surface area contributed by atoms with E-state index < -0.39 is 29.4 Å². The summed E-state index contributed by atoms with van der Waals surface area (Å²) >= 11 is 0. The molecule has 0 heterocycles. The van der Waals surface area contributed by atoms with Crippen LogP contribution in [0, 0.1) is 5.82 Å². The van der Waals surface area contributed by atoms with Crippen LogP contribution in [0.1, 0.15) is 38.7 Å². The van der Waals surface area contributed by atoms with E-state index in [9.17, 15) is 14.0 Å². The van der Waals surface area contributed by atoms with Crippen LogP contribution in [0.2, 0.25) is 0 Å². The molecular formula is C15H21FN2O4. The first-order chi connectivity index (χ1) is 10.1. The predicted molar refractivity (Wildman–Crippen MR) is 80.3 cm³/mol. The Morgan fingerprint density at radius 3 is 2.50 bits per heavy atom. The van der Waals surface area contributed by atoms with Gasteiger partial charge in [-0.2, -0.15) is 0 Å². The molecule has 1 unspecified atom stereocenters. The van der Waals surface area contributed by atoms with Gasteiger partial charge in [0.25, 0.3) is 0 Å². The quantitative estimate of drug-likeness (QED) is 0.776. The molecule has 0 aliphatic carbocycles. The second-order valence-corrected chi connectivity index (χ2v) is 5.89. The van der Waals surface area contributed by atoms with Gasteiger partial charge in [-0.1, -0.05) is 6.07 Å². The Labute approximate surface area is 128 Å². The van der Waals surface area contributed by atoms with E-state index in [1.807, 2.05) is 0 Å². The van der Waals surface area contributed by atoms with E-state index >= 15 is 0 Å². The fraction of sp³-hybridized carbons (Fsp3) is 0.467. The fourth-order valence-corrected chi connectivity index (χ4v) is 1.89. The first-order valence-corrected chi connectivity index (χ1v) is 6.83. The number of carboxylic acid groups (broad SMARTS) is 1. The van der Waals surface area contributed by atoms with Gasteiger partial charge in [0.1, 0.15) is 11.4 Å². The molecule has 1 aromatic rings. The molecule has 0 saturated heterocycles. The number of ether oxygens (including phenoxy) is 1. The molecule has 0 radical (unpaired) electrons. The first kappa shape index (κ1) is 17.9. The minimum atomic E-state index is -1.05. The molecule has 1 rings (SSSR count). The van der Waals surface area contributed by atoms with Crippen LogP contribution in [-0.2, 0) is 9.53 Å². The summed E-state index contributed by atoms with van der Waals surface area (Å²) in [6.07, 6.45) is -0.952. The van der Waals surface area contributed by atoms with Crippen LogP contribution >= 0.6 is 0 Å². The van der Waals surface area contributed by atoms with E-state index in [4.69, 9.17) is 15.6 Å². The van der Waals surface area contributed by atoms with Crippen LogP contribution in [0.5, 0.6) is 0 Å². The normalized spacial score (nSPS) is 12.6. The third kappa shape index (κ3) is 5.69. The van der Waals surface area contributed by atoms with Crippen LogP contribution in [0.25, 0.3) is 0 Å². The maximum absolute atomic E-state index is 14.1. The van der Waals surface area contributed by atoms with Crippen molar-refractivity contribution in [3.63, 3.8) is 0 Å². The number of hydrogen-bond donors (Lipinski definition) is 3. The molecule has 7 heteroatoms. The summed E-state index contributed by atoms with van der Waals surface area (Å²) in [4.78, 5) is 22.4. The number of amides is 1. The maximum atomic E-state index is 14.1. The highest BCUT2D eigenvalue weighted by molar-refractivity contribution is 5.84. The van der Waals surface area contributed by atoms with Crippen LogP contribution in [-0.4, -0.2) is 29.3 Å². The molecule has 22 heavy (non-hydrogen) atoms. The summed E-state index contributed by atoms with van der Waals surface area (Å²) in [6, 6.07) is 4.01. The van der Waals surface area contributed by atoms with Gasteiger partial charge >= 0.3 is 12.1 Å². The number of nitrogens with two attached hydrogens (primary N) is 1. The highest BCUT2D eigenvalue weighted by Gasteiger charge is 2.19. The van der Waals surface area contributed by atoms with Gasteiger partial charge < -0.3 is 15.6 Å². The van der Waals surface area contributed by atoms with Crippen LogP contribution in [0.3, 0.4) is 0 Å². The predicted octanol–water partition coefficient (Wildman–Crippen LogP) is 2.69. The van der Waals surface area contributed by atoms with Gasteiger partial charge in [0.2, 0.25) is 0 Å². The average Bonchev–Trinajstić information content (AvgIpc) is 2.33. The molecule has 1 atom stereocenters. The van der Waals surface area contributed by atoms with Gasteiger partial charge in [-0.25, -0.2) is 9.18 Å². The van der Waals surface area contributed by atoms with Crippen LogP contribution in [0.4, 0.5) is 14.9 Å². The van der Waals surface area contributed by atoms with Gasteiger partial charge in [0.15, 0.2) is 0 Å². The Morgan fingerprint density at radius 2 is 2.05 bits per heavy atom. The Balaban J connectivity index is 2.85. The fourth-order valence-electron chi connectivity index (χ4n) is 1.89. The standard InChI is InChI=1S/C15H21FN2O4/c1-15(2,3)22-14(21)18-10-4-5-11(12(16)7-10)9(8-17)6-13(19)20/h4-5,7,9H,6,8,17H2,1-3H3,(H,18,21)(H,19,20). The Morgan fingerprint density at radius 1 is 1.41 bits per heavy atom. The summed E-state index contributed by atoms with van der Waals surface area (Å²) in [6.45, 7) is 5.16. The van der Waals surface area contributed by atoms with Crippen molar-refractivity contribution in [1.82, 2.24) is 0 Å². The highest BCUT2D eigenvalue weighted by atomic mass is 19.1. The van der Waals surface area contributed by atoms with E-state index in [2.05, 4.69) is 5.32 Å². The molecule has 122 valence electrons. The monoisotopic (exact) mass is 312 g/mol. The summed E-state index contributed by atoms with van der Waals surface area (Å²) in [5.74, 6) is -2.29. The van der Waals surface area contributed by atoms with Crippen molar-refractivity contribution in [2.75, 3.05) is 11.9 Å². The van der Waals surface area contributed by atoms with Crippen molar-refractivity contribution in [1.29, 1.82) is 0 Å². The molecule has 6 nitrogen and oxygen atoms in total. The van der Waals surface area contributed by atoms with Gasteiger partial charge in [-0.15, -0.1) is 0 Å². The molecule has 0 fully saturated rings. The Bertz CT molecular complexity index is 555. The van der Waals surface area contributed by atoms with Crippen molar-refractivity contribution >= 4 is 17.7 Å². The summed E-state index contributed by atoms with van der Waals surface area (Å²) < 4.78 is 19.1. The van der Waals surface area contributed by atoms with Crippen molar-refractivity contribution < 1.29 is 23.8 Å². The first-order valence-electron chi connectivity index (χ1n) is 6.83. The van der Waals surface area contributed by atoms with Crippen molar-refractivity contribution in [3.8, 4) is 0 Å². The van der Waals surface area contributed by atoms with E-state index in [1.54, 1.807) is 20.8 Å². The number of carboxylic acids is 1. The molecule has 1 aromatic carbocycles. The van der Waals surface area contributed by atoms with E-state index in [0.717, 1.165) is 6.07 Å². The lowest BCUT2D eigenvalue weighted by Crippen LogP contribution is -2.27. The topological polar surface area (TPSA) is 102 Å². The van der Waals surface area contributed by atoms with Gasteiger partial charge in [0.05, 0.1) is 6.42 Å². The molecule has 0 aliphatic heterocycles. The van der Waals surface area contributed by atoms with E-state index in [-0.39, 0.29) is 24.2 Å². The average molecular weight is 312 g/mol. The number of carbonyl (C=O) groups excluding carboxylic acids is 1. The summed E-state index contributed by atoms with van der Waals surface area (Å²) in [7, 11) is 0. The zero-order chi connectivity index (χ0) is 16.9. The Hall–Kier alpha value is -2.15. The molecule has 0 aliphatic rings. The third-order valence-corrected chi connectivity index (χ3v) is 2.79. The number of rotatable bonds is 5. The van der Waals surface area contributed by atoms with Crippen LogP contribution in [0.15, 0.2) is 18.2 Å². The minimum absolute atomic E-state index is 0.0159. The lowest BCUT2D eigenvalue weighted by atomic mass is 9.95. The van der Waals surface area contributed by atoms with Gasteiger partial charge in [-0.05, 0) is 45.0 Å². The molecule has 4 N–H and O–H groups in total. The SMILES string of the molecule is CC(C)(C)OC(=O)Nc1ccc(C(CN)CC(=O)O)c(F)c1. The number of halogens is 1. The smallest absolute Gasteiger partial charge is 0.412 e. The van der Waals surface area contributed by atoms with Gasteiger partial charge in [-0.3, -0.25) is 10.1 Å². The number of benzene rings is 1. The second-order valence-electron chi connectivity index (χ2n) is 5.89. The second kappa shape index (κ2) is 7.22. The summed E-state index contributed by atoms with van der Waals surface area (Å²) in [5.41, 5.74) is 5.26. The largest absolute Gasteiger partial charge is 0.481 e. The molecule has 1 amide bonds. The maximum Gasteiger partial charge on any atom is 0.412 e. The summed E-state index contributed by atoms with van der Waals surface area (Å²) in [5, 5.41) is 11.2. The molecule has 0 saturated carbocycles. The lowest BCUT2D eigenvalue weighted by Gasteiger charge is -2.20. The number of carbonyl (C=O) groups is 2. The number of anilines is 1.